The number of nitrogens with zero attached hydrogens (tertiary/aromatic N) is 2. The molecule has 2 aromatic rings. The number of rotatable bonds is 4. The van der Waals surface area contributed by atoms with Gasteiger partial charge in [-0.1, -0.05) is 23.9 Å². The van der Waals surface area contributed by atoms with Crippen LogP contribution >= 0.6 is 27.7 Å². The molecule has 1 N–H and O–H groups in total. The van der Waals surface area contributed by atoms with E-state index in [1.165, 1.54) is 17.7 Å². The van der Waals surface area contributed by atoms with Crippen LogP contribution in [0.3, 0.4) is 0 Å². The lowest BCUT2D eigenvalue weighted by molar-refractivity contribution is 0.864. The molecule has 0 saturated heterocycles. The lowest BCUT2D eigenvalue weighted by Crippen LogP contribution is -2.04. The van der Waals surface area contributed by atoms with Crippen LogP contribution in [-0.2, 0) is 0 Å². The van der Waals surface area contributed by atoms with Crippen LogP contribution in [-0.4, -0.2) is 17.0 Å². The largest absolute Gasteiger partial charge is 0.373 e. The molecule has 0 radical (unpaired) electrons. The minimum Gasteiger partial charge on any atom is -0.373 e. The van der Waals surface area contributed by atoms with Crippen molar-refractivity contribution in [3.05, 3.63) is 40.1 Å². The van der Waals surface area contributed by atoms with Crippen LogP contribution in [0.5, 0.6) is 0 Å². The third-order valence-electron chi connectivity index (χ3n) is 3.34. The molecule has 1 aliphatic rings. The molecule has 0 spiro atoms. The van der Waals surface area contributed by atoms with Crippen LogP contribution in [0.1, 0.15) is 30.1 Å². The zero-order valence-corrected chi connectivity index (χ0v) is 13.9. The second-order valence-electron chi connectivity index (χ2n) is 4.92. The van der Waals surface area contributed by atoms with Crippen molar-refractivity contribution >= 4 is 33.5 Å². The van der Waals surface area contributed by atoms with Crippen LogP contribution in [0.2, 0.25) is 0 Å². The van der Waals surface area contributed by atoms with Crippen molar-refractivity contribution in [1.82, 2.24) is 9.97 Å². The van der Waals surface area contributed by atoms with Crippen LogP contribution in [0.4, 0.5) is 5.82 Å². The lowest BCUT2D eigenvalue weighted by atomic mass is 10.3. The number of benzene rings is 1. The number of hydrogen-bond donors (Lipinski definition) is 1. The standard InChI is InChI=1S/C15H16BrN3S/c1-9-13(17-2)18-14(10-7-8-10)19-15(9)20-12-6-4-3-5-11(12)16/h3-6,10H,7-8H2,1-2H3,(H,17,18,19). The average Bonchev–Trinajstić information content (AvgIpc) is 3.28. The summed E-state index contributed by atoms with van der Waals surface area (Å²) in [6, 6.07) is 8.23. The van der Waals surface area contributed by atoms with E-state index in [4.69, 9.17) is 4.98 Å². The molecule has 1 fully saturated rings. The Labute approximate surface area is 131 Å². The summed E-state index contributed by atoms with van der Waals surface area (Å²) in [6.45, 7) is 2.07. The van der Waals surface area contributed by atoms with Gasteiger partial charge in [0, 0.05) is 27.9 Å². The van der Waals surface area contributed by atoms with Crippen LogP contribution in [0.15, 0.2) is 38.7 Å². The van der Waals surface area contributed by atoms with Crippen LogP contribution in [0.25, 0.3) is 0 Å². The molecule has 0 atom stereocenters. The maximum absolute atomic E-state index is 4.77. The van der Waals surface area contributed by atoms with E-state index in [0.29, 0.717) is 5.92 Å². The van der Waals surface area contributed by atoms with Gasteiger partial charge in [0.2, 0.25) is 0 Å². The van der Waals surface area contributed by atoms with Gasteiger partial charge in [0.1, 0.15) is 16.7 Å². The molecule has 3 nitrogen and oxygen atoms in total. The van der Waals surface area contributed by atoms with Crippen molar-refractivity contribution < 1.29 is 0 Å². The molecule has 104 valence electrons. The molecule has 20 heavy (non-hydrogen) atoms. The Hall–Kier alpha value is -1.07. The highest BCUT2D eigenvalue weighted by Crippen LogP contribution is 2.41. The highest BCUT2D eigenvalue weighted by molar-refractivity contribution is 9.10. The van der Waals surface area contributed by atoms with Crippen LogP contribution in [0, 0.1) is 6.92 Å². The fourth-order valence-electron chi connectivity index (χ4n) is 2.01. The first-order valence-electron chi connectivity index (χ1n) is 6.67. The second kappa shape index (κ2) is 5.74. The lowest BCUT2D eigenvalue weighted by Gasteiger charge is -2.12. The van der Waals surface area contributed by atoms with Gasteiger partial charge in [-0.25, -0.2) is 9.97 Å². The molecule has 1 aromatic heterocycles. The maximum Gasteiger partial charge on any atom is 0.135 e. The molecular formula is C15H16BrN3S. The zero-order valence-electron chi connectivity index (χ0n) is 11.5. The fraction of sp³-hybridized carbons (Fsp3) is 0.333. The van der Waals surface area contributed by atoms with Gasteiger partial charge in [-0.05, 0) is 47.8 Å². The van der Waals surface area contributed by atoms with E-state index in [0.717, 1.165) is 26.7 Å². The number of aromatic nitrogens is 2. The summed E-state index contributed by atoms with van der Waals surface area (Å²) in [6.07, 6.45) is 2.43. The number of hydrogen-bond acceptors (Lipinski definition) is 4. The van der Waals surface area contributed by atoms with E-state index >= 15 is 0 Å². The van der Waals surface area contributed by atoms with E-state index in [2.05, 4.69) is 45.3 Å². The van der Waals surface area contributed by atoms with Gasteiger partial charge in [-0.3, -0.25) is 0 Å². The molecular weight excluding hydrogens is 334 g/mol. The van der Waals surface area contributed by atoms with Crippen molar-refractivity contribution in [3.8, 4) is 0 Å². The van der Waals surface area contributed by atoms with Crippen molar-refractivity contribution in [2.24, 2.45) is 0 Å². The van der Waals surface area contributed by atoms with Crippen molar-refractivity contribution in [2.45, 2.75) is 35.6 Å². The van der Waals surface area contributed by atoms with Crippen molar-refractivity contribution in [2.75, 3.05) is 12.4 Å². The minimum atomic E-state index is 0.557. The summed E-state index contributed by atoms with van der Waals surface area (Å²) in [7, 11) is 1.92. The highest BCUT2D eigenvalue weighted by Gasteiger charge is 2.28. The molecule has 0 bridgehead atoms. The van der Waals surface area contributed by atoms with Gasteiger partial charge in [0.25, 0.3) is 0 Å². The Morgan fingerprint density at radius 1 is 1.25 bits per heavy atom. The summed E-state index contributed by atoms with van der Waals surface area (Å²) in [5.41, 5.74) is 1.11. The Morgan fingerprint density at radius 3 is 2.65 bits per heavy atom. The van der Waals surface area contributed by atoms with Gasteiger partial charge < -0.3 is 5.32 Å². The Kier molecular flexibility index (Phi) is 3.98. The summed E-state index contributed by atoms with van der Waals surface area (Å²) >= 11 is 5.29. The third-order valence-corrected chi connectivity index (χ3v) is 5.46. The zero-order chi connectivity index (χ0) is 14.1. The summed E-state index contributed by atoms with van der Waals surface area (Å²) in [5.74, 6) is 2.48. The summed E-state index contributed by atoms with van der Waals surface area (Å²) < 4.78 is 1.10. The van der Waals surface area contributed by atoms with Gasteiger partial charge in [-0.2, -0.15) is 0 Å². The third kappa shape index (κ3) is 2.83. The smallest absolute Gasteiger partial charge is 0.135 e. The number of anilines is 1. The minimum absolute atomic E-state index is 0.557. The molecule has 1 heterocycles. The van der Waals surface area contributed by atoms with E-state index in [-0.39, 0.29) is 0 Å². The molecule has 0 aliphatic heterocycles. The van der Waals surface area contributed by atoms with Crippen molar-refractivity contribution in [3.63, 3.8) is 0 Å². The van der Waals surface area contributed by atoms with Gasteiger partial charge >= 0.3 is 0 Å². The molecule has 0 amide bonds. The Bertz CT molecular complexity index is 641. The predicted octanol–water partition coefficient (Wildman–Crippen LogP) is 4.62. The van der Waals surface area contributed by atoms with Gasteiger partial charge in [0.15, 0.2) is 0 Å². The Balaban J connectivity index is 1.99. The van der Waals surface area contributed by atoms with Crippen molar-refractivity contribution in [1.29, 1.82) is 0 Å². The SMILES string of the molecule is CNc1nc(C2CC2)nc(Sc2ccccc2Br)c1C. The number of halogens is 1. The molecule has 0 unspecified atom stereocenters. The quantitative estimate of drug-likeness (QED) is 0.817. The molecule has 3 rings (SSSR count). The first-order chi connectivity index (χ1) is 9.69. The summed E-state index contributed by atoms with van der Waals surface area (Å²) in [4.78, 5) is 10.6. The first kappa shape index (κ1) is 13.9. The van der Waals surface area contributed by atoms with E-state index in [1.54, 1.807) is 11.8 Å². The topological polar surface area (TPSA) is 37.8 Å². The molecule has 1 saturated carbocycles. The first-order valence-corrected chi connectivity index (χ1v) is 8.28. The number of nitrogens with one attached hydrogen (secondary N) is 1. The van der Waals surface area contributed by atoms with E-state index < -0.39 is 0 Å². The van der Waals surface area contributed by atoms with Gasteiger partial charge in [-0.15, -0.1) is 0 Å². The molecule has 1 aliphatic carbocycles. The van der Waals surface area contributed by atoms with E-state index in [1.807, 2.05) is 19.2 Å². The normalized spacial score (nSPS) is 14.3. The predicted molar refractivity (Wildman–Crippen MR) is 86.6 cm³/mol. The summed E-state index contributed by atoms with van der Waals surface area (Å²) in [5, 5.41) is 4.22. The average molecular weight is 350 g/mol. The Morgan fingerprint density at radius 2 is 2.00 bits per heavy atom. The van der Waals surface area contributed by atoms with E-state index in [9.17, 15) is 0 Å². The fourth-order valence-corrected chi connectivity index (χ4v) is 3.45. The molecule has 1 aromatic carbocycles. The highest BCUT2D eigenvalue weighted by atomic mass is 79.9. The maximum atomic E-state index is 4.77. The van der Waals surface area contributed by atoms with Gasteiger partial charge in [0.05, 0.1) is 0 Å². The second-order valence-corrected chi connectivity index (χ2v) is 6.80. The molecule has 5 heteroatoms. The monoisotopic (exact) mass is 349 g/mol. The van der Waals surface area contributed by atoms with Crippen LogP contribution < -0.4 is 5.32 Å².